The highest BCUT2D eigenvalue weighted by Gasteiger charge is 2.16. The van der Waals surface area contributed by atoms with E-state index >= 15 is 0 Å². The molecule has 0 unspecified atom stereocenters. The molecular weight excluding hydrogens is 414 g/mol. The Morgan fingerprint density at radius 2 is 1.81 bits per heavy atom. The fourth-order valence-corrected chi connectivity index (χ4v) is 3.20. The lowest BCUT2D eigenvalue weighted by Crippen LogP contribution is -2.28. The monoisotopic (exact) mass is 433 g/mol. The second kappa shape index (κ2) is 8.72. The number of methoxy groups -OCH3 is 2. The first-order chi connectivity index (χ1) is 15.5. The van der Waals surface area contributed by atoms with Gasteiger partial charge in [-0.25, -0.2) is 14.5 Å². The number of ether oxygens (including phenoxy) is 2. The van der Waals surface area contributed by atoms with Crippen molar-refractivity contribution >= 4 is 28.6 Å². The average molecular weight is 433 g/mol. The van der Waals surface area contributed by atoms with Crippen molar-refractivity contribution in [2.24, 2.45) is 0 Å². The zero-order valence-corrected chi connectivity index (χ0v) is 17.3. The number of anilines is 1. The van der Waals surface area contributed by atoms with Gasteiger partial charge in [-0.05, 0) is 36.4 Å². The van der Waals surface area contributed by atoms with Crippen LogP contribution in [-0.2, 0) is 16.1 Å². The third kappa shape index (κ3) is 3.93. The van der Waals surface area contributed by atoms with E-state index in [9.17, 15) is 14.4 Å². The Bertz CT molecular complexity index is 1360. The summed E-state index contributed by atoms with van der Waals surface area (Å²) in [6.45, 7) is -0.287. The molecule has 4 rings (SSSR count). The van der Waals surface area contributed by atoms with Crippen molar-refractivity contribution in [2.45, 2.75) is 6.54 Å². The quantitative estimate of drug-likeness (QED) is 0.462. The lowest BCUT2D eigenvalue weighted by Gasteiger charge is -2.10. The summed E-state index contributed by atoms with van der Waals surface area (Å²) in [5.74, 6) is -0.375. The lowest BCUT2D eigenvalue weighted by molar-refractivity contribution is -0.116. The first-order valence-corrected chi connectivity index (χ1v) is 9.56. The second-order valence-electron chi connectivity index (χ2n) is 6.75. The molecule has 2 heterocycles. The Morgan fingerprint density at radius 3 is 2.53 bits per heavy atom. The Labute approximate surface area is 182 Å². The number of hydrogen-bond donors (Lipinski definition) is 1. The van der Waals surface area contributed by atoms with Gasteiger partial charge in [-0.15, -0.1) is 0 Å². The molecular formula is C22H19N5O5. The molecule has 2 aromatic carbocycles. The van der Waals surface area contributed by atoms with E-state index in [4.69, 9.17) is 9.47 Å². The van der Waals surface area contributed by atoms with Gasteiger partial charge in [0.05, 0.1) is 37.4 Å². The van der Waals surface area contributed by atoms with Crippen LogP contribution < -0.4 is 15.6 Å². The summed E-state index contributed by atoms with van der Waals surface area (Å²) in [6.07, 6.45) is 2.70. The van der Waals surface area contributed by atoms with Crippen LogP contribution >= 0.6 is 0 Å². The number of aromatic nitrogens is 4. The average Bonchev–Trinajstić information content (AvgIpc) is 3.25. The Balaban J connectivity index is 1.58. The highest BCUT2D eigenvalue weighted by Crippen LogP contribution is 2.18. The smallest absolute Gasteiger partial charge is 0.339 e. The number of amides is 1. The maximum atomic E-state index is 12.9. The summed E-state index contributed by atoms with van der Waals surface area (Å²) >= 11 is 0. The van der Waals surface area contributed by atoms with E-state index in [2.05, 4.69) is 15.4 Å². The van der Waals surface area contributed by atoms with Gasteiger partial charge in [-0.2, -0.15) is 5.10 Å². The van der Waals surface area contributed by atoms with Gasteiger partial charge in [0.1, 0.15) is 24.0 Å². The minimum Gasteiger partial charge on any atom is -0.497 e. The van der Waals surface area contributed by atoms with Crippen LogP contribution in [0.2, 0.25) is 0 Å². The van der Waals surface area contributed by atoms with Crippen LogP contribution in [0.4, 0.5) is 5.69 Å². The molecule has 32 heavy (non-hydrogen) atoms. The Kier molecular flexibility index (Phi) is 5.67. The van der Waals surface area contributed by atoms with E-state index in [0.717, 1.165) is 0 Å². The van der Waals surface area contributed by atoms with Crippen molar-refractivity contribution in [2.75, 3.05) is 19.5 Å². The third-order valence-electron chi connectivity index (χ3n) is 4.79. The molecule has 0 spiro atoms. The molecule has 162 valence electrons. The summed E-state index contributed by atoms with van der Waals surface area (Å²) < 4.78 is 12.6. The molecule has 0 fully saturated rings. The largest absolute Gasteiger partial charge is 0.497 e. The number of benzene rings is 2. The number of rotatable bonds is 6. The minimum absolute atomic E-state index is 0.213. The molecule has 0 aliphatic rings. The van der Waals surface area contributed by atoms with Gasteiger partial charge >= 0.3 is 5.97 Å². The molecule has 1 amide bonds. The first-order valence-electron chi connectivity index (χ1n) is 9.56. The van der Waals surface area contributed by atoms with Gasteiger partial charge in [0.25, 0.3) is 5.56 Å². The van der Waals surface area contributed by atoms with Crippen molar-refractivity contribution in [3.05, 3.63) is 77.0 Å². The van der Waals surface area contributed by atoms with Crippen LogP contribution in [0, 0.1) is 0 Å². The molecule has 1 N–H and O–H groups in total. The van der Waals surface area contributed by atoms with Crippen LogP contribution in [0.5, 0.6) is 5.75 Å². The number of nitrogens with one attached hydrogen (secondary N) is 1. The Hall–Kier alpha value is -4.47. The van der Waals surface area contributed by atoms with Crippen LogP contribution in [0.1, 0.15) is 10.4 Å². The SMILES string of the molecule is COC(=O)c1ccccc1NC(=O)Cn1cnc2c(cnn2-c2ccc(OC)cc2)c1=O. The number of para-hydroxylation sites is 1. The van der Waals surface area contributed by atoms with Crippen LogP contribution in [0.15, 0.2) is 65.8 Å². The highest BCUT2D eigenvalue weighted by atomic mass is 16.5. The fraction of sp³-hybridized carbons (Fsp3) is 0.136. The van der Waals surface area contributed by atoms with Crippen LogP contribution in [-0.4, -0.2) is 45.4 Å². The molecule has 0 aliphatic carbocycles. The number of fused-ring (bicyclic) bond motifs is 1. The summed E-state index contributed by atoms with van der Waals surface area (Å²) in [6, 6.07) is 13.6. The van der Waals surface area contributed by atoms with Gasteiger partial charge in [0, 0.05) is 0 Å². The van der Waals surface area contributed by atoms with E-state index in [-0.39, 0.29) is 17.5 Å². The summed E-state index contributed by atoms with van der Waals surface area (Å²) in [5.41, 5.74) is 1.17. The molecule has 0 saturated carbocycles. The standard InChI is InChI=1S/C22H19N5O5/c1-31-15-9-7-14(8-10-15)27-20-17(11-24-27)21(29)26(13-23-20)12-19(28)25-18-6-4-3-5-16(18)22(30)32-2/h3-11,13H,12H2,1-2H3,(H,25,28). The van der Waals surface area contributed by atoms with E-state index in [1.54, 1.807) is 49.6 Å². The normalized spacial score (nSPS) is 10.7. The first kappa shape index (κ1) is 20.8. The van der Waals surface area contributed by atoms with Crippen molar-refractivity contribution in [3.8, 4) is 11.4 Å². The topological polar surface area (TPSA) is 117 Å². The van der Waals surface area contributed by atoms with Crippen molar-refractivity contribution < 1.29 is 19.1 Å². The summed E-state index contributed by atoms with van der Waals surface area (Å²) in [5, 5.41) is 7.16. The van der Waals surface area contributed by atoms with Crippen LogP contribution in [0.25, 0.3) is 16.7 Å². The van der Waals surface area contributed by atoms with E-state index in [1.165, 1.54) is 34.9 Å². The zero-order valence-electron chi connectivity index (χ0n) is 17.3. The molecule has 0 atom stereocenters. The van der Waals surface area contributed by atoms with E-state index in [0.29, 0.717) is 22.8 Å². The van der Waals surface area contributed by atoms with Crippen molar-refractivity contribution in [1.82, 2.24) is 19.3 Å². The van der Waals surface area contributed by atoms with Crippen LogP contribution in [0.3, 0.4) is 0 Å². The molecule has 10 heteroatoms. The van der Waals surface area contributed by atoms with E-state index in [1.807, 2.05) is 0 Å². The molecule has 0 radical (unpaired) electrons. The molecule has 4 aromatic rings. The molecule has 2 aromatic heterocycles. The molecule has 0 saturated heterocycles. The molecule has 0 aliphatic heterocycles. The minimum atomic E-state index is -0.577. The maximum absolute atomic E-state index is 12.9. The number of hydrogen-bond acceptors (Lipinski definition) is 7. The van der Waals surface area contributed by atoms with Crippen molar-refractivity contribution in [1.29, 1.82) is 0 Å². The second-order valence-corrected chi connectivity index (χ2v) is 6.75. The lowest BCUT2D eigenvalue weighted by atomic mass is 10.2. The number of esters is 1. The van der Waals surface area contributed by atoms with Gasteiger partial charge in [0.2, 0.25) is 5.91 Å². The van der Waals surface area contributed by atoms with Crippen molar-refractivity contribution in [3.63, 3.8) is 0 Å². The van der Waals surface area contributed by atoms with Gasteiger partial charge < -0.3 is 14.8 Å². The number of carbonyl (C=O) groups excluding carboxylic acids is 2. The number of nitrogens with zero attached hydrogens (tertiary/aromatic N) is 4. The van der Waals surface area contributed by atoms with Gasteiger partial charge in [-0.3, -0.25) is 14.2 Å². The van der Waals surface area contributed by atoms with Gasteiger partial charge in [0.15, 0.2) is 5.65 Å². The number of carbonyl (C=O) groups is 2. The predicted octanol–water partition coefficient (Wildman–Crippen LogP) is 2.02. The molecule has 0 bridgehead atoms. The fourth-order valence-electron chi connectivity index (χ4n) is 3.20. The highest BCUT2D eigenvalue weighted by molar-refractivity contribution is 6.01. The Morgan fingerprint density at radius 1 is 1.06 bits per heavy atom. The van der Waals surface area contributed by atoms with E-state index < -0.39 is 17.4 Å². The zero-order chi connectivity index (χ0) is 22.7. The summed E-state index contributed by atoms with van der Waals surface area (Å²) in [4.78, 5) is 41.6. The predicted molar refractivity (Wildman–Crippen MR) is 116 cm³/mol. The summed E-state index contributed by atoms with van der Waals surface area (Å²) in [7, 11) is 2.83. The third-order valence-corrected chi connectivity index (χ3v) is 4.79. The van der Waals surface area contributed by atoms with Gasteiger partial charge in [-0.1, -0.05) is 12.1 Å². The molecule has 10 nitrogen and oxygen atoms in total. The maximum Gasteiger partial charge on any atom is 0.339 e.